The number of hydrogen-bond donors (Lipinski definition) is 1. The van der Waals surface area contributed by atoms with E-state index in [1.165, 1.54) is 34.1 Å². The first-order valence-corrected chi connectivity index (χ1v) is 14.9. The molecule has 0 saturated carbocycles. The van der Waals surface area contributed by atoms with Gasteiger partial charge in [0.1, 0.15) is 0 Å². The number of thioether (sulfide) groups is 1. The molecule has 6 nitrogen and oxygen atoms in total. The predicted octanol–water partition coefficient (Wildman–Crippen LogP) is 8.08. The minimum Gasteiger partial charge on any atom is -0.503 e. The van der Waals surface area contributed by atoms with Crippen molar-refractivity contribution >= 4 is 85.1 Å². The number of benzene rings is 3. The SMILES string of the molecule is O=C(C=Cc1ccccc1)C1=C(O)C(=O)N(c2nnc(SCc3ccc(Cl)cc3Cl)s2)C1c1cccc(Br)c1. The molecule has 1 atom stereocenters. The number of nitrogens with zero attached hydrogens (tertiary/aromatic N) is 3. The largest absolute Gasteiger partial charge is 0.503 e. The molecule has 0 fully saturated rings. The van der Waals surface area contributed by atoms with E-state index in [0.717, 1.165) is 15.6 Å². The molecule has 2 heterocycles. The van der Waals surface area contributed by atoms with E-state index in [2.05, 4.69) is 26.1 Å². The fraction of sp³-hybridized carbons (Fsp3) is 0.0714. The van der Waals surface area contributed by atoms with E-state index < -0.39 is 23.5 Å². The van der Waals surface area contributed by atoms with Crippen molar-refractivity contribution in [2.45, 2.75) is 16.1 Å². The second-order valence-electron chi connectivity index (χ2n) is 8.38. The third-order valence-electron chi connectivity index (χ3n) is 5.83. The summed E-state index contributed by atoms with van der Waals surface area (Å²) in [7, 11) is 0. The van der Waals surface area contributed by atoms with E-state index in [0.29, 0.717) is 25.7 Å². The lowest BCUT2D eigenvalue weighted by molar-refractivity contribution is -0.117. The van der Waals surface area contributed by atoms with Crippen LogP contribution >= 0.6 is 62.2 Å². The molecule has 5 rings (SSSR count). The molecule has 1 aliphatic heterocycles. The van der Waals surface area contributed by atoms with Crippen LogP contribution < -0.4 is 4.90 Å². The van der Waals surface area contributed by atoms with Crippen LogP contribution in [-0.4, -0.2) is 27.0 Å². The molecule has 0 bridgehead atoms. The number of amides is 1. The lowest BCUT2D eigenvalue weighted by atomic mass is 9.96. The molecule has 3 aromatic carbocycles. The molecular formula is C28H18BrCl2N3O3S2. The zero-order valence-corrected chi connectivity index (χ0v) is 24.7. The van der Waals surface area contributed by atoms with Crippen molar-refractivity contribution < 1.29 is 14.7 Å². The average molecular weight is 659 g/mol. The summed E-state index contributed by atoms with van der Waals surface area (Å²) in [6.45, 7) is 0. The second kappa shape index (κ2) is 12.1. The zero-order valence-electron chi connectivity index (χ0n) is 19.9. The smallest absolute Gasteiger partial charge is 0.296 e. The van der Waals surface area contributed by atoms with Gasteiger partial charge in [0.2, 0.25) is 5.13 Å². The average Bonchev–Trinajstić information content (AvgIpc) is 3.49. The number of aliphatic hydroxyl groups excluding tert-OH is 1. The van der Waals surface area contributed by atoms with Gasteiger partial charge in [0, 0.05) is 20.3 Å². The lowest BCUT2D eigenvalue weighted by Crippen LogP contribution is -2.30. The highest BCUT2D eigenvalue weighted by molar-refractivity contribution is 9.10. The van der Waals surface area contributed by atoms with E-state index in [1.807, 2.05) is 42.5 Å². The van der Waals surface area contributed by atoms with E-state index in [1.54, 1.807) is 36.4 Å². The normalized spacial score (nSPS) is 15.5. The van der Waals surface area contributed by atoms with Gasteiger partial charge in [-0.15, -0.1) is 10.2 Å². The minimum atomic E-state index is -0.889. The summed E-state index contributed by atoms with van der Waals surface area (Å²) in [5, 5.41) is 20.7. The molecule has 0 aliphatic carbocycles. The summed E-state index contributed by atoms with van der Waals surface area (Å²) in [5.74, 6) is -1.29. The molecule has 39 heavy (non-hydrogen) atoms. The van der Waals surface area contributed by atoms with E-state index in [-0.39, 0.29) is 10.7 Å². The molecule has 11 heteroatoms. The van der Waals surface area contributed by atoms with Crippen molar-refractivity contribution in [1.82, 2.24) is 10.2 Å². The summed E-state index contributed by atoms with van der Waals surface area (Å²) in [4.78, 5) is 28.1. The van der Waals surface area contributed by atoms with Crippen LogP contribution in [0.1, 0.15) is 22.7 Å². The molecular weight excluding hydrogens is 641 g/mol. The van der Waals surface area contributed by atoms with Crippen molar-refractivity contribution in [3.05, 3.63) is 121 Å². The van der Waals surface area contributed by atoms with Gasteiger partial charge < -0.3 is 5.11 Å². The van der Waals surface area contributed by atoms with Crippen LogP contribution in [0.15, 0.2) is 99.0 Å². The first-order chi connectivity index (χ1) is 18.8. The Labute approximate surface area is 251 Å². The monoisotopic (exact) mass is 657 g/mol. The number of aromatic nitrogens is 2. The fourth-order valence-electron chi connectivity index (χ4n) is 4.01. The third kappa shape index (κ3) is 6.13. The molecule has 4 aromatic rings. The fourth-order valence-corrected chi connectivity index (χ4v) is 6.85. The van der Waals surface area contributed by atoms with E-state index in [4.69, 9.17) is 23.2 Å². The Hall–Kier alpha value is -2.95. The number of anilines is 1. The molecule has 1 unspecified atom stereocenters. The minimum absolute atomic E-state index is 0.0253. The number of hydrogen-bond acceptors (Lipinski definition) is 7. The van der Waals surface area contributed by atoms with Crippen LogP contribution in [0, 0.1) is 0 Å². The van der Waals surface area contributed by atoms with Crippen molar-refractivity contribution in [2.75, 3.05) is 4.90 Å². The number of aliphatic hydroxyl groups is 1. The Kier molecular flexibility index (Phi) is 8.54. The Morgan fingerprint density at radius 2 is 1.87 bits per heavy atom. The van der Waals surface area contributed by atoms with Gasteiger partial charge in [-0.1, -0.05) is 117 Å². The van der Waals surface area contributed by atoms with Crippen molar-refractivity contribution in [3.8, 4) is 0 Å². The summed E-state index contributed by atoms with van der Waals surface area (Å²) < 4.78 is 1.36. The number of ketones is 1. The van der Waals surface area contributed by atoms with Gasteiger partial charge in [-0.25, -0.2) is 0 Å². The molecule has 0 radical (unpaired) electrons. The number of carbonyl (C=O) groups excluding carboxylic acids is 2. The second-order valence-corrected chi connectivity index (χ2v) is 12.3. The van der Waals surface area contributed by atoms with Crippen molar-refractivity contribution in [2.24, 2.45) is 0 Å². The van der Waals surface area contributed by atoms with Crippen LogP contribution in [0.4, 0.5) is 5.13 Å². The lowest BCUT2D eigenvalue weighted by Gasteiger charge is -2.23. The number of carbonyl (C=O) groups is 2. The highest BCUT2D eigenvalue weighted by Crippen LogP contribution is 2.44. The van der Waals surface area contributed by atoms with Crippen LogP contribution in [0.2, 0.25) is 10.0 Å². The maximum absolute atomic E-state index is 13.4. The molecule has 196 valence electrons. The van der Waals surface area contributed by atoms with Gasteiger partial charge in [-0.05, 0) is 47.0 Å². The predicted molar refractivity (Wildman–Crippen MR) is 160 cm³/mol. The van der Waals surface area contributed by atoms with E-state index >= 15 is 0 Å². The summed E-state index contributed by atoms with van der Waals surface area (Å²) >= 11 is 18.3. The number of halogens is 3. The Morgan fingerprint density at radius 3 is 2.62 bits per heavy atom. The molecule has 1 aromatic heterocycles. The van der Waals surface area contributed by atoms with Gasteiger partial charge in [0.15, 0.2) is 15.9 Å². The number of rotatable bonds is 8. The topological polar surface area (TPSA) is 83.4 Å². The zero-order chi connectivity index (χ0) is 27.5. The molecule has 1 amide bonds. The Morgan fingerprint density at radius 1 is 1.08 bits per heavy atom. The molecule has 0 spiro atoms. The van der Waals surface area contributed by atoms with Crippen molar-refractivity contribution in [3.63, 3.8) is 0 Å². The number of allylic oxidation sites excluding steroid dienone is 1. The Bertz CT molecular complexity index is 1630. The van der Waals surface area contributed by atoms with Crippen LogP contribution in [0.3, 0.4) is 0 Å². The van der Waals surface area contributed by atoms with Crippen LogP contribution in [0.5, 0.6) is 0 Å². The molecule has 1 N–H and O–H groups in total. The maximum Gasteiger partial charge on any atom is 0.296 e. The van der Waals surface area contributed by atoms with Gasteiger partial charge >= 0.3 is 0 Å². The highest BCUT2D eigenvalue weighted by Gasteiger charge is 2.45. The van der Waals surface area contributed by atoms with Gasteiger partial charge in [0.05, 0.1) is 11.6 Å². The first-order valence-electron chi connectivity index (χ1n) is 11.5. The van der Waals surface area contributed by atoms with E-state index in [9.17, 15) is 14.7 Å². The molecule has 1 aliphatic rings. The third-order valence-corrected chi connectivity index (χ3v) is 9.02. The quantitative estimate of drug-likeness (QED) is 0.117. The standard InChI is InChI=1S/C28H18BrCl2N3O3S2/c29-19-8-4-7-17(13-19)24-23(22(35)12-9-16-5-2-1-3-6-16)25(36)26(37)34(24)27-32-33-28(39-27)38-15-18-10-11-20(30)14-21(18)31/h1-14,24,36H,15H2. The summed E-state index contributed by atoms with van der Waals surface area (Å²) in [5.41, 5.74) is 2.31. The van der Waals surface area contributed by atoms with Gasteiger partial charge in [-0.2, -0.15) is 0 Å². The van der Waals surface area contributed by atoms with Gasteiger partial charge in [0.25, 0.3) is 5.91 Å². The molecule has 0 saturated heterocycles. The highest BCUT2D eigenvalue weighted by atomic mass is 79.9. The first kappa shape index (κ1) is 27.6. The van der Waals surface area contributed by atoms with Crippen LogP contribution in [-0.2, 0) is 15.3 Å². The summed E-state index contributed by atoms with van der Waals surface area (Å²) in [6, 6.07) is 20.9. The van der Waals surface area contributed by atoms with Crippen LogP contribution in [0.25, 0.3) is 6.08 Å². The Balaban J connectivity index is 1.46. The van der Waals surface area contributed by atoms with Gasteiger partial charge in [-0.3, -0.25) is 14.5 Å². The van der Waals surface area contributed by atoms with Crippen molar-refractivity contribution in [1.29, 1.82) is 0 Å². The maximum atomic E-state index is 13.4. The summed E-state index contributed by atoms with van der Waals surface area (Å²) in [6.07, 6.45) is 3.01.